The minimum Gasteiger partial charge on any atom is -0.490 e. The number of aliphatic hydroxyl groups is 1. The van der Waals surface area contributed by atoms with E-state index >= 15 is 0 Å². The van der Waals surface area contributed by atoms with Gasteiger partial charge in [0.25, 0.3) is 0 Å². The van der Waals surface area contributed by atoms with E-state index in [1.54, 1.807) is 6.20 Å². The van der Waals surface area contributed by atoms with Crippen molar-refractivity contribution in [3.63, 3.8) is 0 Å². The second kappa shape index (κ2) is 7.29. The average molecular weight is 310 g/mol. The fourth-order valence-electron chi connectivity index (χ4n) is 2.75. The molecule has 0 bridgehead atoms. The summed E-state index contributed by atoms with van der Waals surface area (Å²) in [6.45, 7) is 2.89. The number of nitrogens with zero attached hydrogens (tertiary/aromatic N) is 2. The molecule has 4 heteroatoms. The fraction of sp³-hybridized carbons (Fsp3) is 0.316. The molecule has 3 aromatic rings. The van der Waals surface area contributed by atoms with Gasteiger partial charge >= 0.3 is 0 Å². The Morgan fingerprint density at radius 2 is 2.00 bits per heavy atom. The molecule has 0 radical (unpaired) electrons. The smallest absolute Gasteiger partial charge is 0.127 e. The number of benzene rings is 2. The first-order valence-corrected chi connectivity index (χ1v) is 8.06. The summed E-state index contributed by atoms with van der Waals surface area (Å²) in [4.78, 5) is 4.33. The summed E-state index contributed by atoms with van der Waals surface area (Å²) in [6.07, 6.45) is 5.08. The van der Waals surface area contributed by atoms with Crippen LogP contribution in [-0.2, 0) is 13.0 Å². The molecular weight excluding hydrogens is 288 g/mol. The number of aromatic nitrogens is 2. The first-order valence-electron chi connectivity index (χ1n) is 8.06. The van der Waals surface area contributed by atoms with Crippen molar-refractivity contribution in [3.8, 4) is 5.75 Å². The molecule has 4 nitrogen and oxygen atoms in total. The van der Waals surface area contributed by atoms with Gasteiger partial charge in [0.1, 0.15) is 24.3 Å². The highest BCUT2D eigenvalue weighted by atomic mass is 16.5. The van der Waals surface area contributed by atoms with Gasteiger partial charge in [0.15, 0.2) is 0 Å². The highest BCUT2D eigenvalue weighted by molar-refractivity contribution is 5.88. The van der Waals surface area contributed by atoms with Gasteiger partial charge < -0.3 is 14.4 Å². The summed E-state index contributed by atoms with van der Waals surface area (Å²) in [7, 11) is 0. The van der Waals surface area contributed by atoms with Gasteiger partial charge in [-0.1, -0.05) is 43.3 Å². The van der Waals surface area contributed by atoms with Crippen LogP contribution in [0.3, 0.4) is 0 Å². The maximum Gasteiger partial charge on any atom is 0.127 e. The van der Waals surface area contributed by atoms with Crippen molar-refractivity contribution in [2.45, 2.75) is 32.4 Å². The van der Waals surface area contributed by atoms with Crippen LogP contribution in [0.1, 0.15) is 19.2 Å². The maximum atomic E-state index is 10.3. The number of ether oxygens (including phenoxy) is 1. The Bertz CT molecular complexity index is 761. The third-order valence-corrected chi connectivity index (χ3v) is 3.86. The second-order valence-corrected chi connectivity index (χ2v) is 5.69. The SMILES string of the molecule is CCCc1nccn1CC(O)COc1cccc2ccccc12. The number of aryl methyl sites for hydroxylation is 1. The van der Waals surface area contributed by atoms with Crippen LogP contribution in [0.2, 0.25) is 0 Å². The Kier molecular flexibility index (Phi) is 4.93. The Balaban J connectivity index is 1.64. The summed E-state index contributed by atoms with van der Waals surface area (Å²) >= 11 is 0. The van der Waals surface area contributed by atoms with E-state index in [2.05, 4.69) is 24.0 Å². The molecule has 0 spiro atoms. The van der Waals surface area contributed by atoms with Gasteiger partial charge in [-0.3, -0.25) is 0 Å². The molecule has 1 aromatic heterocycles. The van der Waals surface area contributed by atoms with Crippen molar-refractivity contribution in [2.75, 3.05) is 6.61 Å². The molecule has 1 atom stereocenters. The molecule has 1 heterocycles. The van der Waals surface area contributed by atoms with Crippen LogP contribution >= 0.6 is 0 Å². The molecule has 3 rings (SSSR count). The molecule has 120 valence electrons. The van der Waals surface area contributed by atoms with Crippen molar-refractivity contribution < 1.29 is 9.84 Å². The first-order chi connectivity index (χ1) is 11.3. The first kappa shape index (κ1) is 15.6. The molecule has 0 fully saturated rings. The van der Waals surface area contributed by atoms with Crippen LogP contribution in [-0.4, -0.2) is 27.4 Å². The van der Waals surface area contributed by atoms with Crippen LogP contribution in [0.5, 0.6) is 5.75 Å². The zero-order valence-electron chi connectivity index (χ0n) is 13.4. The van der Waals surface area contributed by atoms with Crippen molar-refractivity contribution in [1.82, 2.24) is 9.55 Å². The van der Waals surface area contributed by atoms with Crippen LogP contribution in [0.15, 0.2) is 54.9 Å². The van der Waals surface area contributed by atoms with Crippen molar-refractivity contribution in [3.05, 3.63) is 60.7 Å². The number of hydrogen-bond acceptors (Lipinski definition) is 3. The number of hydrogen-bond donors (Lipinski definition) is 1. The Labute approximate surface area is 136 Å². The van der Waals surface area contributed by atoms with Crippen molar-refractivity contribution >= 4 is 10.8 Å². The normalized spacial score (nSPS) is 12.4. The molecule has 0 saturated carbocycles. The Morgan fingerprint density at radius 3 is 2.87 bits per heavy atom. The molecule has 0 saturated heterocycles. The van der Waals surface area contributed by atoms with Gasteiger partial charge in [0.2, 0.25) is 0 Å². The summed E-state index contributed by atoms with van der Waals surface area (Å²) in [6, 6.07) is 14.1. The van der Waals surface area contributed by atoms with Gasteiger partial charge in [0, 0.05) is 24.2 Å². The highest BCUT2D eigenvalue weighted by Crippen LogP contribution is 2.25. The molecule has 0 aliphatic heterocycles. The minimum atomic E-state index is -0.571. The molecule has 2 aromatic carbocycles. The number of imidazole rings is 1. The fourth-order valence-corrected chi connectivity index (χ4v) is 2.75. The third kappa shape index (κ3) is 3.71. The predicted molar refractivity (Wildman–Crippen MR) is 91.7 cm³/mol. The molecular formula is C19H22N2O2. The van der Waals surface area contributed by atoms with Crippen molar-refractivity contribution in [1.29, 1.82) is 0 Å². The van der Waals surface area contributed by atoms with Crippen LogP contribution < -0.4 is 4.74 Å². The van der Waals surface area contributed by atoms with E-state index in [1.165, 1.54) is 0 Å². The quantitative estimate of drug-likeness (QED) is 0.727. The lowest BCUT2D eigenvalue weighted by Crippen LogP contribution is -2.24. The van der Waals surface area contributed by atoms with E-state index in [0.29, 0.717) is 6.54 Å². The van der Waals surface area contributed by atoms with E-state index in [0.717, 1.165) is 35.2 Å². The van der Waals surface area contributed by atoms with E-state index in [1.807, 2.05) is 41.1 Å². The summed E-state index contributed by atoms with van der Waals surface area (Å²) in [5, 5.41) is 12.5. The monoisotopic (exact) mass is 310 g/mol. The standard InChI is InChI=1S/C19H22N2O2/c1-2-6-19-20-11-12-21(19)13-16(22)14-23-18-10-5-8-15-7-3-4-9-17(15)18/h3-5,7-12,16,22H,2,6,13-14H2,1H3. The lowest BCUT2D eigenvalue weighted by molar-refractivity contribution is 0.0924. The Morgan fingerprint density at radius 1 is 1.17 bits per heavy atom. The van der Waals surface area contributed by atoms with Crippen LogP contribution in [0.4, 0.5) is 0 Å². The molecule has 1 unspecified atom stereocenters. The van der Waals surface area contributed by atoms with Gasteiger partial charge in [-0.2, -0.15) is 0 Å². The molecule has 0 aliphatic carbocycles. The second-order valence-electron chi connectivity index (χ2n) is 5.69. The topological polar surface area (TPSA) is 47.3 Å². The van der Waals surface area contributed by atoms with E-state index in [4.69, 9.17) is 4.74 Å². The Hall–Kier alpha value is -2.33. The van der Waals surface area contributed by atoms with Gasteiger partial charge in [-0.15, -0.1) is 0 Å². The van der Waals surface area contributed by atoms with Crippen molar-refractivity contribution in [2.24, 2.45) is 0 Å². The van der Waals surface area contributed by atoms with E-state index < -0.39 is 6.10 Å². The van der Waals surface area contributed by atoms with Gasteiger partial charge in [-0.05, 0) is 17.9 Å². The average Bonchev–Trinajstić information content (AvgIpc) is 3.00. The largest absolute Gasteiger partial charge is 0.490 e. The number of aliphatic hydroxyl groups excluding tert-OH is 1. The molecule has 1 N–H and O–H groups in total. The van der Waals surface area contributed by atoms with E-state index in [9.17, 15) is 5.11 Å². The zero-order valence-corrected chi connectivity index (χ0v) is 13.4. The number of fused-ring (bicyclic) bond motifs is 1. The summed E-state index contributed by atoms with van der Waals surface area (Å²) < 4.78 is 7.85. The molecule has 0 aliphatic rings. The molecule has 23 heavy (non-hydrogen) atoms. The summed E-state index contributed by atoms with van der Waals surface area (Å²) in [5.74, 6) is 1.82. The van der Waals surface area contributed by atoms with Gasteiger partial charge in [-0.25, -0.2) is 4.98 Å². The summed E-state index contributed by atoms with van der Waals surface area (Å²) in [5.41, 5.74) is 0. The van der Waals surface area contributed by atoms with Gasteiger partial charge in [0.05, 0.1) is 6.54 Å². The minimum absolute atomic E-state index is 0.262. The van der Waals surface area contributed by atoms with Crippen LogP contribution in [0.25, 0.3) is 10.8 Å². The maximum absolute atomic E-state index is 10.3. The highest BCUT2D eigenvalue weighted by Gasteiger charge is 2.10. The molecule has 0 amide bonds. The lowest BCUT2D eigenvalue weighted by atomic mass is 10.1. The lowest BCUT2D eigenvalue weighted by Gasteiger charge is -2.15. The third-order valence-electron chi connectivity index (χ3n) is 3.86. The zero-order chi connectivity index (χ0) is 16.1. The predicted octanol–water partition coefficient (Wildman–Crippen LogP) is 3.43. The number of rotatable bonds is 7. The van der Waals surface area contributed by atoms with Crippen LogP contribution in [0, 0.1) is 0 Å². The van der Waals surface area contributed by atoms with E-state index in [-0.39, 0.29) is 6.61 Å².